The van der Waals surface area contributed by atoms with E-state index in [9.17, 15) is 0 Å². The van der Waals surface area contributed by atoms with Crippen LogP contribution in [0.3, 0.4) is 0 Å². The summed E-state index contributed by atoms with van der Waals surface area (Å²) in [5.74, 6) is 0.686. The van der Waals surface area contributed by atoms with Gasteiger partial charge in [0.05, 0.1) is 17.6 Å². The van der Waals surface area contributed by atoms with Gasteiger partial charge in [-0.05, 0) is 51.1 Å². The summed E-state index contributed by atoms with van der Waals surface area (Å²) in [6.07, 6.45) is 7.63. The van der Waals surface area contributed by atoms with Crippen molar-refractivity contribution in [3.63, 3.8) is 0 Å². The van der Waals surface area contributed by atoms with E-state index in [0.717, 1.165) is 46.1 Å². The Balaban J connectivity index is 1.74. The maximum Gasteiger partial charge on any atom is 0.180 e. The summed E-state index contributed by atoms with van der Waals surface area (Å²) in [6.45, 7) is 7.64. The van der Waals surface area contributed by atoms with Gasteiger partial charge in [-0.3, -0.25) is 9.39 Å². The van der Waals surface area contributed by atoms with Crippen LogP contribution in [-0.2, 0) is 0 Å². The van der Waals surface area contributed by atoms with Gasteiger partial charge in [0.15, 0.2) is 11.5 Å². The van der Waals surface area contributed by atoms with Crippen molar-refractivity contribution in [2.75, 3.05) is 29.5 Å². The number of benzene rings is 2. The highest BCUT2D eigenvalue weighted by atomic mass is 15.1. The molecule has 0 aliphatic carbocycles. The quantitative estimate of drug-likeness (QED) is 0.252. The SMILES string of the molecule is C/C=C(\C(=NCC)c1cccc(N)c1)c1cnc2c(Nc3cccc(NCC)c3)nccn12. The molecule has 0 radical (unpaired) electrons. The second-order valence-electron chi connectivity index (χ2n) is 7.50. The van der Waals surface area contributed by atoms with E-state index in [4.69, 9.17) is 15.7 Å². The van der Waals surface area contributed by atoms with E-state index in [1.165, 1.54) is 0 Å². The van der Waals surface area contributed by atoms with Gasteiger partial charge in [0.1, 0.15) is 0 Å². The van der Waals surface area contributed by atoms with Crippen molar-refractivity contribution < 1.29 is 0 Å². The molecule has 4 rings (SSSR count). The van der Waals surface area contributed by atoms with Crippen molar-refractivity contribution in [1.82, 2.24) is 14.4 Å². The Morgan fingerprint density at radius 2 is 1.91 bits per heavy atom. The normalized spacial score (nSPS) is 12.2. The average Bonchev–Trinajstić information content (AvgIpc) is 3.25. The molecule has 0 saturated heterocycles. The second kappa shape index (κ2) is 9.99. The zero-order valence-corrected chi connectivity index (χ0v) is 19.2. The number of nitrogen functional groups attached to an aromatic ring is 1. The minimum Gasteiger partial charge on any atom is -0.399 e. The third-order valence-corrected chi connectivity index (χ3v) is 5.23. The van der Waals surface area contributed by atoms with Gasteiger partial charge in [-0.15, -0.1) is 0 Å². The Kier molecular flexibility index (Phi) is 6.69. The van der Waals surface area contributed by atoms with E-state index < -0.39 is 0 Å². The van der Waals surface area contributed by atoms with Crippen LogP contribution in [0.4, 0.5) is 22.9 Å². The summed E-state index contributed by atoms with van der Waals surface area (Å²) >= 11 is 0. The predicted octanol–water partition coefficient (Wildman–Crippen LogP) is 5.40. The smallest absolute Gasteiger partial charge is 0.180 e. The number of fused-ring (bicyclic) bond motifs is 1. The van der Waals surface area contributed by atoms with Crippen LogP contribution in [0.2, 0.25) is 0 Å². The highest BCUT2D eigenvalue weighted by molar-refractivity contribution is 6.31. The van der Waals surface area contributed by atoms with Gasteiger partial charge in [0.2, 0.25) is 0 Å². The van der Waals surface area contributed by atoms with Gasteiger partial charge in [-0.1, -0.05) is 24.3 Å². The van der Waals surface area contributed by atoms with Crippen LogP contribution < -0.4 is 16.4 Å². The van der Waals surface area contributed by atoms with Crippen LogP contribution >= 0.6 is 0 Å². The van der Waals surface area contributed by atoms with Crippen LogP contribution in [0.15, 0.2) is 78.2 Å². The molecule has 7 heteroatoms. The highest BCUT2D eigenvalue weighted by Crippen LogP contribution is 2.27. The molecule has 4 N–H and O–H groups in total. The lowest BCUT2D eigenvalue weighted by molar-refractivity contribution is 1.10. The number of nitrogens with two attached hydrogens (primary N) is 1. The molecular weight excluding hydrogens is 410 g/mol. The molecule has 168 valence electrons. The Labute approximate surface area is 194 Å². The number of imidazole rings is 1. The van der Waals surface area contributed by atoms with Crippen LogP contribution in [0.5, 0.6) is 0 Å². The molecular formula is C26H29N7. The van der Waals surface area contributed by atoms with Crippen molar-refractivity contribution in [3.8, 4) is 0 Å². The zero-order valence-electron chi connectivity index (χ0n) is 19.2. The lowest BCUT2D eigenvalue weighted by Gasteiger charge is -2.13. The number of hydrogen-bond acceptors (Lipinski definition) is 6. The molecule has 0 amide bonds. The van der Waals surface area contributed by atoms with Crippen molar-refractivity contribution in [2.24, 2.45) is 4.99 Å². The molecule has 0 aliphatic heterocycles. The largest absolute Gasteiger partial charge is 0.399 e. The number of nitrogens with zero attached hydrogens (tertiary/aromatic N) is 4. The van der Waals surface area contributed by atoms with Gasteiger partial charge in [0.25, 0.3) is 0 Å². The van der Waals surface area contributed by atoms with E-state index in [0.29, 0.717) is 18.1 Å². The number of allylic oxidation sites excluding steroid dienone is 2. The van der Waals surface area contributed by atoms with Gasteiger partial charge in [0, 0.05) is 53.7 Å². The summed E-state index contributed by atoms with van der Waals surface area (Å²) in [6, 6.07) is 15.9. The Morgan fingerprint density at radius 3 is 2.67 bits per heavy atom. The molecule has 2 aromatic heterocycles. The molecule has 2 heterocycles. The third-order valence-electron chi connectivity index (χ3n) is 5.23. The molecule has 0 saturated carbocycles. The van der Waals surface area contributed by atoms with Crippen LogP contribution in [-0.4, -0.2) is 33.2 Å². The monoisotopic (exact) mass is 439 g/mol. The fourth-order valence-corrected chi connectivity index (χ4v) is 3.84. The van der Waals surface area contributed by atoms with Crippen LogP contribution in [0.1, 0.15) is 32.0 Å². The van der Waals surface area contributed by atoms with Crippen molar-refractivity contribution in [2.45, 2.75) is 20.8 Å². The number of rotatable bonds is 8. The Morgan fingerprint density at radius 1 is 1.09 bits per heavy atom. The van der Waals surface area contributed by atoms with E-state index in [-0.39, 0.29) is 0 Å². The molecule has 0 atom stereocenters. The summed E-state index contributed by atoms with van der Waals surface area (Å²) in [5.41, 5.74) is 13.3. The fourth-order valence-electron chi connectivity index (χ4n) is 3.84. The number of nitrogens with one attached hydrogen (secondary N) is 2. The zero-order chi connectivity index (χ0) is 23.2. The highest BCUT2D eigenvalue weighted by Gasteiger charge is 2.17. The number of anilines is 4. The standard InChI is InChI=1S/C26H29N7/c1-4-22(24(29-6-3)18-9-7-10-19(27)15-18)23-17-31-26-25(30-13-14-33(23)26)32-21-12-8-11-20(16-21)28-5-2/h4,7-17,28H,5-6,27H2,1-3H3,(H,30,32)/b22-4-,29-24?. The maximum atomic E-state index is 6.05. The van der Waals surface area contributed by atoms with Crippen LogP contribution in [0.25, 0.3) is 11.2 Å². The lowest BCUT2D eigenvalue weighted by Crippen LogP contribution is -2.08. The first-order chi connectivity index (χ1) is 16.1. The average molecular weight is 440 g/mol. The molecule has 0 unspecified atom stereocenters. The molecule has 0 fully saturated rings. The minimum absolute atomic E-state index is 0.661. The molecule has 0 aliphatic rings. The number of aromatic nitrogens is 3. The molecule has 0 bridgehead atoms. The summed E-state index contributed by atoms with van der Waals surface area (Å²) in [5, 5.41) is 6.74. The second-order valence-corrected chi connectivity index (χ2v) is 7.50. The van der Waals surface area contributed by atoms with Crippen LogP contribution in [0, 0.1) is 0 Å². The van der Waals surface area contributed by atoms with E-state index in [2.05, 4.69) is 34.7 Å². The minimum atomic E-state index is 0.661. The topological polar surface area (TPSA) is 92.6 Å². The molecule has 2 aromatic carbocycles. The van der Waals surface area contributed by atoms with Gasteiger partial charge >= 0.3 is 0 Å². The predicted molar refractivity (Wildman–Crippen MR) is 138 cm³/mol. The number of hydrogen-bond donors (Lipinski definition) is 3. The number of aliphatic imine (C=N–C) groups is 1. The van der Waals surface area contributed by atoms with Crippen molar-refractivity contribution in [1.29, 1.82) is 0 Å². The Bertz CT molecular complexity index is 1320. The molecule has 33 heavy (non-hydrogen) atoms. The first-order valence-corrected chi connectivity index (χ1v) is 11.1. The summed E-state index contributed by atoms with van der Waals surface area (Å²) in [4.78, 5) is 14.0. The summed E-state index contributed by atoms with van der Waals surface area (Å²) in [7, 11) is 0. The fraction of sp³-hybridized carbons (Fsp3) is 0.192. The first-order valence-electron chi connectivity index (χ1n) is 11.1. The molecule has 0 spiro atoms. The third kappa shape index (κ3) is 4.72. The maximum absolute atomic E-state index is 6.05. The van der Waals surface area contributed by atoms with Crippen molar-refractivity contribution >= 4 is 39.8 Å². The van der Waals surface area contributed by atoms with E-state index in [1.807, 2.05) is 73.1 Å². The molecule has 4 aromatic rings. The van der Waals surface area contributed by atoms with Gasteiger partial charge in [-0.2, -0.15) is 0 Å². The van der Waals surface area contributed by atoms with Crippen molar-refractivity contribution in [3.05, 3.63) is 84.5 Å². The van der Waals surface area contributed by atoms with Gasteiger partial charge in [-0.25, -0.2) is 9.97 Å². The summed E-state index contributed by atoms with van der Waals surface area (Å²) < 4.78 is 2.04. The first kappa shape index (κ1) is 22.1. The van der Waals surface area contributed by atoms with Gasteiger partial charge < -0.3 is 16.4 Å². The van der Waals surface area contributed by atoms with E-state index in [1.54, 1.807) is 6.20 Å². The van der Waals surface area contributed by atoms with E-state index >= 15 is 0 Å². The lowest BCUT2D eigenvalue weighted by atomic mass is 9.99. The Hall–Kier alpha value is -4.13. The molecule has 7 nitrogen and oxygen atoms in total.